The van der Waals surface area contributed by atoms with Crippen LogP contribution < -0.4 is 0 Å². The Bertz CT molecular complexity index is 293. The summed E-state index contributed by atoms with van der Waals surface area (Å²) in [5.74, 6) is 0. The van der Waals surface area contributed by atoms with Crippen molar-refractivity contribution in [1.82, 2.24) is 0 Å². The number of carbonyl (C=O) groups is 1. The van der Waals surface area contributed by atoms with Gasteiger partial charge in [0.2, 0.25) is 0 Å². The Morgan fingerprint density at radius 2 is 2.11 bits per heavy atom. The van der Waals surface area contributed by atoms with Crippen LogP contribution >= 0.6 is 11.8 Å². The summed E-state index contributed by atoms with van der Waals surface area (Å²) >= 11 is 2.10. The summed E-state index contributed by atoms with van der Waals surface area (Å²) < 4.78 is 0. The lowest BCUT2D eigenvalue weighted by molar-refractivity contribution is -0.107. The maximum Gasteiger partial charge on any atom is 0.119 e. The number of thioether (sulfide) groups is 1. The summed E-state index contributed by atoms with van der Waals surface area (Å²) in [6.45, 7) is 3.67. The molecule has 1 aliphatic heterocycles. The number of carbonyl (C=O) groups excluding carboxylic acids is 1. The molecule has 1 aliphatic rings. The van der Waals surface area contributed by atoms with Gasteiger partial charge in [-0.25, -0.2) is 0 Å². The van der Waals surface area contributed by atoms with E-state index in [1.165, 1.54) is 19.3 Å². The second kappa shape index (κ2) is 10.2. The predicted octanol–water partition coefficient (Wildman–Crippen LogP) is 4.70. The molecule has 1 rings (SSSR count). The van der Waals surface area contributed by atoms with Gasteiger partial charge < -0.3 is 4.79 Å². The van der Waals surface area contributed by atoms with Gasteiger partial charge >= 0.3 is 0 Å². The van der Waals surface area contributed by atoms with E-state index < -0.39 is 0 Å². The van der Waals surface area contributed by atoms with Crippen molar-refractivity contribution in [2.75, 3.05) is 0 Å². The van der Waals surface area contributed by atoms with Gasteiger partial charge in [0.15, 0.2) is 0 Å². The Hall–Kier alpha value is -0.760. The molecule has 0 aromatic carbocycles. The molecule has 2 unspecified atom stereocenters. The van der Waals surface area contributed by atoms with E-state index in [0.29, 0.717) is 11.7 Å². The first-order chi connectivity index (χ1) is 8.86. The first kappa shape index (κ1) is 15.3. The van der Waals surface area contributed by atoms with Gasteiger partial charge in [-0.3, -0.25) is 0 Å². The third-order valence-electron chi connectivity index (χ3n) is 3.10. The maximum absolute atomic E-state index is 10.3. The molecular weight excluding hydrogens is 240 g/mol. The van der Waals surface area contributed by atoms with Crippen LogP contribution in [0.25, 0.3) is 0 Å². The number of allylic oxidation sites excluding steroid dienone is 4. The Kier molecular flexibility index (Phi) is 8.66. The minimum atomic E-state index is 0.632. The van der Waals surface area contributed by atoms with Gasteiger partial charge in [-0.05, 0) is 38.5 Å². The smallest absolute Gasteiger partial charge is 0.119 e. The molecule has 0 radical (unpaired) electrons. The first-order valence-corrected chi connectivity index (χ1v) is 7.84. The van der Waals surface area contributed by atoms with Crippen LogP contribution in [0.1, 0.15) is 44.9 Å². The number of rotatable bonds is 9. The fraction of sp³-hybridized carbons (Fsp3) is 0.562. The molecule has 2 atom stereocenters. The van der Waals surface area contributed by atoms with Crippen molar-refractivity contribution in [3.63, 3.8) is 0 Å². The van der Waals surface area contributed by atoms with Crippen LogP contribution in [0.2, 0.25) is 0 Å². The van der Waals surface area contributed by atoms with Crippen molar-refractivity contribution in [1.29, 1.82) is 0 Å². The Labute approximate surface area is 115 Å². The quantitative estimate of drug-likeness (QED) is 0.260. The molecule has 1 heterocycles. The highest BCUT2D eigenvalue weighted by molar-refractivity contribution is 8.00. The fourth-order valence-electron chi connectivity index (χ4n) is 2.14. The molecule has 1 nitrogen and oxygen atoms in total. The lowest BCUT2D eigenvalue weighted by Crippen LogP contribution is -2.13. The Morgan fingerprint density at radius 3 is 2.89 bits per heavy atom. The number of aldehydes is 1. The van der Waals surface area contributed by atoms with Crippen molar-refractivity contribution in [2.24, 2.45) is 0 Å². The average molecular weight is 264 g/mol. The number of hydrogen-bond donors (Lipinski definition) is 0. The van der Waals surface area contributed by atoms with Crippen LogP contribution in [0.5, 0.6) is 0 Å². The minimum absolute atomic E-state index is 0.632. The Morgan fingerprint density at radius 1 is 1.28 bits per heavy atom. The largest absolute Gasteiger partial charge is 0.303 e. The summed E-state index contributed by atoms with van der Waals surface area (Å²) in [7, 11) is 0. The summed E-state index contributed by atoms with van der Waals surface area (Å²) in [5, 5.41) is 1.40. The molecule has 0 saturated heterocycles. The third kappa shape index (κ3) is 6.85. The van der Waals surface area contributed by atoms with Crippen LogP contribution in [0.3, 0.4) is 0 Å². The van der Waals surface area contributed by atoms with Crippen LogP contribution in [-0.4, -0.2) is 16.8 Å². The highest BCUT2D eigenvalue weighted by atomic mass is 32.2. The first-order valence-electron chi connectivity index (χ1n) is 6.90. The number of unbranched alkanes of at least 4 members (excludes halogenated alkanes) is 2. The standard InChI is InChI=1S/C16H24OS/c1-2-3-4-5-6-10-15-12-9-13-16(18-15)11-7-8-14-17/h2-4,9,13-16H,1,5-8,10-12H2/b4-3+. The highest BCUT2D eigenvalue weighted by Gasteiger charge is 2.17. The van der Waals surface area contributed by atoms with E-state index >= 15 is 0 Å². The third-order valence-corrected chi connectivity index (χ3v) is 4.65. The van der Waals surface area contributed by atoms with Crippen LogP contribution in [0.15, 0.2) is 37.0 Å². The van der Waals surface area contributed by atoms with Gasteiger partial charge in [0.1, 0.15) is 6.29 Å². The van der Waals surface area contributed by atoms with Crippen molar-refractivity contribution >= 4 is 18.0 Å². The average Bonchev–Trinajstić information content (AvgIpc) is 2.39. The van der Waals surface area contributed by atoms with E-state index in [1.807, 2.05) is 12.2 Å². The summed E-state index contributed by atoms with van der Waals surface area (Å²) in [6.07, 6.45) is 19.5. The monoisotopic (exact) mass is 264 g/mol. The van der Waals surface area contributed by atoms with Crippen LogP contribution in [0, 0.1) is 0 Å². The van der Waals surface area contributed by atoms with Gasteiger partial charge in [-0.1, -0.05) is 37.0 Å². The molecule has 0 bridgehead atoms. The molecule has 100 valence electrons. The van der Waals surface area contributed by atoms with E-state index in [1.54, 1.807) is 0 Å². The molecule has 18 heavy (non-hydrogen) atoms. The molecule has 0 amide bonds. The van der Waals surface area contributed by atoms with Gasteiger partial charge in [0.25, 0.3) is 0 Å². The van der Waals surface area contributed by atoms with E-state index in [9.17, 15) is 4.79 Å². The van der Waals surface area contributed by atoms with E-state index in [2.05, 4.69) is 36.6 Å². The van der Waals surface area contributed by atoms with E-state index in [4.69, 9.17) is 0 Å². The van der Waals surface area contributed by atoms with E-state index in [-0.39, 0.29) is 0 Å². The lowest BCUT2D eigenvalue weighted by Gasteiger charge is -2.24. The van der Waals surface area contributed by atoms with Crippen molar-refractivity contribution in [3.05, 3.63) is 37.0 Å². The zero-order valence-electron chi connectivity index (χ0n) is 11.1. The van der Waals surface area contributed by atoms with Gasteiger partial charge in [-0.15, -0.1) is 0 Å². The van der Waals surface area contributed by atoms with Crippen LogP contribution in [-0.2, 0) is 4.79 Å². The zero-order valence-corrected chi connectivity index (χ0v) is 11.9. The molecule has 0 aliphatic carbocycles. The highest BCUT2D eigenvalue weighted by Crippen LogP contribution is 2.32. The minimum Gasteiger partial charge on any atom is -0.303 e. The summed E-state index contributed by atoms with van der Waals surface area (Å²) in [6, 6.07) is 0. The predicted molar refractivity (Wildman–Crippen MR) is 82.0 cm³/mol. The SMILES string of the molecule is C=C/C=C/CCCC1CC=CC(CCCC=O)S1. The molecule has 0 spiro atoms. The summed E-state index contributed by atoms with van der Waals surface area (Å²) in [5.41, 5.74) is 0. The normalized spacial score (nSPS) is 23.3. The zero-order chi connectivity index (χ0) is 13.1. The molecule has 2 heteroatoms. The molecule has 0 fully saturated rings. The van der Waals surface area contributed by atoms with Gasteiger partial charge in [-0.2, -0.15) is 11.8 Å². The second-order valence-electron chi connectivity index (χ2n) is 4.65. The molecule has 0 aromatic rings. The van der Waals surface area contributed by atoms with Gasteiger partial charge in [0, 0.05) is 16.9 Å². The van der Waals surface area contributed by atoms with Gasteiger partial charge in [0.05, 0.1) is 0 Å². The number of hydrogen-bond acceptors (Lipinski definition) is 2. The van der Waals surface area contributed by atoms with Crippen molar-refractivity contribution in [3.8, 4) is 0 Å². The lowest BCUT2D eigenvalue weighted by atomic mass is 10.1. The fourth-order valence-corrected chi connectivity index (χ4v) is 3.66. The molecule has 0 N–H and O–H groups in total. The van der Waals surface area contributed by atoms with Crippen molar-refractivity contribution < 1.29 is 4.79 Å². The second-order valence-corrected chi connectivity index (χ2v) is 6.20. The molecule has 0 saturated carbocycles. The topological polar surface area (TPSA) is 17.1 Å². The maximum atomic E-state index is 10.3. The van der Waals surface area contributed by atoms with Crippen LogP contribution in [0.4, 0.5) is 0 Å². The van der Waals surface area contributed by atoms with Crippen molar-refractivity contribution in [2.45, 2.75) is 55.4 Å². The summed E-state index contributed by atoms with van der Waals surface area (Å²) in [4.78, 5) is 10.3. The van der Waals surface area contributed by atoms with E-state index in [0.717, 1.165) is 30.8 Å². The Balaban J connectivity index is 2.15. The molecular formula is C16H24OS. The molecule has 0 aromatic heterocycles.